The van der Waals surface area contributed by atoms with E-state index in [0.717, 1.165) is 17.7 Å². The van der Waals surface area contributed by atoms with Crippen LogP contribution in [0.5, 0.6) is 11.6 Å². The van der Waals surface area contributed by atoms with Crippen molar-refractivity contribution in [1.82, 2.24) is 9.97 Å². The van der Waals surface area contributed by atoms with Crippen LogP contribution in [-0.4, -0.2) is 22.2 Å². The Kier molecular flexibility index (Phi) is 5.73. The molecule has 1 amide bonds. The average molecular weight is 389 g/mol. The van der Waals surface area contributed by atoms with Crippen LogP contribution in [0.2, 0.25) is 0 Å². The lowest BCUT2D eigenvalue weighted by molar-refractivity contribution is -0.274. The molecule has 9 heteroatoms. The lowest BCUT2D eigenvalue weighted by Gasteiger charge is -2.10. The topological polar surface area (TPSA) is 73.3 Å². The van der Waals surface area contributed by atoms with Crippen LogP contribution in [0.3, 0.4) is 0 Å². The molecule has 0 atom stereocenters. The SMILES string of the molecule is O=C(Nc1ccc(OC(F)(F)F)cc1)c1cc(OCc2ccccc2)ncn1. The average Bonchev–Trinajstić information content (AvgIpc) is 2.68. The fraction of sp³-hybridized carbons (Fsp3) is 0.105. The number of benzene rings is 2. The zero-order valence-corrected chi connectivity index (χ0v) is 14.3. The van der Waals surface area contributed by atoms with Gasteiger partial charge in [-0.25, -0.2) is 9.97 Å². The first-order valence-corrected chi connectivity index (χ1v) is 8.05. The fourth-order valence-corrected chi connectivity index (χ4v) is 2.21. The first-order chi connectivity index (χ1) is 13.4. The molecule has 0 aliphatic rings. The first kappa shape index (κ1) is 19.2. The Hall–Kier alpha value is -3.62. The smallest absolute Gasteiger partial charge is 0.473 e. The van der Waals surface area contributed by atoms with Gasteiger partial charge in [0, 0.05) is 11.8 Å². The van der Waals surface area contributed by atoms with Gasteiger partial charge in [0.15, 0.2) is 0 Å². The van der Waals surface area contributed by atoms with Gasteiger partial charge in [0.1, 0.15) is 24.4 Å². The molecule has 144 valence electrons. The van der Waals surface area contributed by atoms with Gasteiger partial charge in [0.25, 0.3) is 5.91 Å². The van der Waals surface area contributed by atoms with Crippen LogP contribution in [0.1, 0.15) is 16.1 Å². The second-order valence-electron chi connectivity index (χ2n) is 5.54. The molecular formula is C19H14F3N3O3. The van der Waals surface area contributed by atoms with Crippen molar-refractivity contribution in [2.24, 2.45) is 0 Å². The number of carbonyl (C=O) groups is 1. The number of ether oxygens (including phenoxy) is 2. The maximum atomic E-state index is 12.3. The molecule has 3 aromatic rings. The van der Waals surface area contributed by atoms with E-state index in [9.17, 15) is 18.0 Å². The van der Waals surface area contributed by atoms with E-state index < -0.39 is 12.3 Å². The summed E-state index contributed by atoms with van der Waals surface area (Å²) < 4.78 is 45.8. The van der Waals surface area contributed by atoms with Crippen LogP contribution in [0, 0.1) is 0 Å². The van der Waals surface area contributed by atoms with Gasteiger partial charge in [0.05, 0.1) is 0 Å². The van der Waals surface area contributed by atoms with Crippen LogP contribution in [0.15, 0.2) is 67.0 Å². The second kappa shape index (κ2) is 8.38. The van der Waals surface area contributed by atoms with Crippen LogP contribution in [0.4, 0.5) is 18.9 Å². The maximum absolute atomic E-state index is 12.3. The van der Waals surface area contributed by atoms with E-state index in [4.69, 9.17) is 4.74 Å². The van der Waals surface area contributed by atoms with Gasteiger partial charge < -0.3 is 14.8 Å². The third kappa shape index (κ3) is 5.70. The Morgan fingerprint density at radius 2 is 1.71 bits per heavy atom. The van der Waals surface area contributed by atoms with E-state index in [1.807, 2.05) is 30.3 Å². The van der Waals surface area contributed by atoms with Gasteiger partial charge >= 0.3 is 6.36 Å². The number of nitrogens with zero attached hydrogens (tertiary/aromatic N) is 2. The maximum Gasteiger partial charge on any atom is 0.573 e. The number of amides is 1. The first-order valence-electron chi connectivity index (χ1n) is 8.05. The summed E-state index contributed by atoms with van der Waals surface area (Å²) in [5.41, 5.74) is 1.27. The predicted octanol–water partition coefficient (Wildman–Crippen LogP) is 4.21. The van der Waals surface area contributed by atoms with Crippen molar-refractivity contribution in [3.8, 4) is 11.6 Å². The summed E-state index contributed by atoms with van der Waals surface area (Å²) in [7, 11) is 0. The van der Waals surface area contributed by atoms with Crippen LogP contribution < -0.4 is 14.8 Å². The minimum atomic E-state index is -4.78. The molecule has 3 rings (SSSR count). The largest absolute Gasteiger partial charge is 0.573 e. The summed E-state index contributed by atoms with van der Waals surface area (Å²) in [6, 6.07) is 15.6. The molecule has 0 bridgehead atoms. The van der Waals surface area contributed by atoms with E-state index in [-0.39, 0.29) is 29.6 Å². The number of rotatable bonds is 6. The van der Waals surface area contributed by atoms with Gasteiger partial charge in [0.2, 0.25) is 5.88 Å². The van der Waals surface area contributed by atoms with Crippen molar-refractivity contribution in [3.05, 3.63) is 78.2 Å². The van der Waals surface area contributed by atoms with Gasteiger partial charge in [-0.05, 0) is 29.8 Å². The minimum Gasteiger partial charge on any atom is -0.473 e. The molecule has 28 heavy (non-hydrogen) atoms. The number of halogens is 3. The van der Waals surface area contributed by atoms with Crippen molar-refractivity contribution in [1.29, 1.82) is 0 Å². The van der Waals surface area contributed by atoms with Gasteiger partial charge in [-0.15, -0.1) is 13.2 Å². The number of alkyl halides is 3. The zero-order valence-electron chi connectivity index (χ0n) is 14.3. The molecule has 0 aliphatic carbocycles. The molecule has 1 aromatic heterocycles. The molecule has 0 fully saturated rings. The molecule has 6 nitrogen and oxygen atoms in total. The molecule has 0 saturated carbocycles. The molecule has 2 aromatic carbocycles. The lowest BCUT2D eigenvalue weighted by Crippen LogP contribution is -2.17. The van der Waals surface area contributed by atoms with Gasteiger partial charge in [-0.3, -0.25) is 4.79 Å². The summed E-state index contributed by atoms with van der Waals surface area (Å²) in [5.74, 6) is -0.724. The Balaban J connectivity index is 1.61. The summed E-state index contributed by atoms with van der Waals surface area (Å²) in [5, 5.41) is 2.53. The number of hydrogen-bond acceptors (Lipinski definition) is 5. The van der Waals surface area contributed by atoms with Crippen molar-refractivity contribution in [2.45, 2.75) is 13.0 Å². The zero-order chi connectivity index (χ0) is 20.0. The normalized spacial score (nSPS) is 11.0. The highest BCUT2D eigenvalue weighted by atomic mass is 19.4. The molecule has 0 aliphatic heterocycles. The molecule has 0 saturated heterocycles. The summed E-state index contributed by atoms with van der Waals surface area (Å²) in [6.45, 7) is 0.277. The monoisotopic (exact) mass is 389 g/mol. The lowest BCUT2D eigenvalue weighted by atomic mass is 10.2. The molecule has 0 unspecified atom stereocenters. The van der Waals surface area contributed by atoms with Crippen LogP contribution in [-0.2, 0) is 6.61 Å². The third-order valence-corrected chi connectivity index (χ3v) is 3.45. The minimum absolute atomic E-state index is 0.0497. The Morgan fingerprint density at radius 3 is 2.39 bits per heavy atom. The molecule has 0 radical (unpaired) electrons. The van der Waals surface area contributed by atoms with E-state index in [1.165, 1.54) is 24.5 Å². The Labute approximate surface area is 158 Å². The number of anilines is 1. The summed E-state index contributed by atoms with van der Waals surface area (Å²) in [6.07, 6.45) is -3.59. The van der Waals surface area contributed by atoms with E-state index >= 15 is 0 Å². The quantitative estimate of drug-likeness (QED) is 0.684. The van der Waals surface area contributed by atoms with E-state index in [2.05, 4.69) is 20.0 Å². The number of nitrogens with one attached hydrogen (secondary N) is 1. The van der Waals surface area contributed by atoms with Crippen molar-refractivity contribution in [2.75, 3.05) is 5.32 Å². The predicted molar refractivity (Wildman–Crippen MR) is 93.9 cm³/mol. The van der Waals surface area contributed by atoms with Gasteiger partial charge in [-0.1, -0.05) is 30.3 Å². The summed E-state index contributed by atoms with van der Waals surface area (Å²) >= 11 is 0. The molecule has 1 heterocycles. The Morgan fingerprint density at radius 1 is 1.00 bits per heavy atom. The van der Waals surface area contributed by atoms with Crippen LogP contribution in [0.25, 0.3) is 0 Å². The Bertz CT molecular complexity index is 932. The van der Waals surface area contributed by atoms with E-state index in [0.29, 0.717) is 0 Å². The standard InChI is InChI=1S/C19H14F3N3O3/c20-19(21,22)28-15-8-6-14(7-9-15)25-18(26)16-10-17(24-12-23-16)27-11-13-4-2-1-3-5-13/h1-10,12H,11H2,(H,25,26). The highest BCUT2D eigenvalue weighted by molar-refractivity contribution is 6.02. The van der Waals surface area contributed by atoms with E-state index in [1.54, 1.807) is 0 Å². The summed E-state index contributed by atoms with van der Waals surface area (Å²) in [4.78, 5) is 20.1. The fourth-order valence-electron chi connectivity index (χ4n) is 2.21. The van der Waals surface area contributed by atoms with Crippen LogP contribution >= 0.6 is 0 Å². The second-order valence-corrected chi connectivity index (χ2v) is 5.54. The highest BCUT2D eigenvalue weighted by Gasteiger charge is 2.30. The number of aromatic nitrogens is 2. The number of carbonyl (C=O) groups excluding carboxylic acids is 1. The highest BCUT2D eigenvalue weighted by Crippen LogP contribution is 2.24. The van der Waals surface area contributed by atoms with Gasteiger partial charge in [-0.2, -0.15) is 0 Å². The number of hydrogen-bond donors (Lipinski definition) is 1. The molecular weight excluding hydrogens is 375 g/mol. The third-order valence-electron chi connectivity index (χ3n) is 3.45. The molecule has 0 spiro atoms. The van der Waals surface area contributed by atoms with Crippen molar-refractivity contribution >= 4 is 11.6 Å². The van der Waals surface area contributed by atoms with Crippen molar-refractivity contribution in [3.63, 3.8) is 0 Å². The van der Waals surface area contributed by atoms with Crippen molar-refractivity contribution < 1.29 is 27.4 Å². The molecule has 1 N–H and O–H groups in total.